The molecule has 0 saturated heterocycles. The Kier molecular flexibility index (Phi) is 9.16. The fourth-order valence-electron chi connectivity index (χ4n) is 3.80. The number of urea groups is 1. The summed E-state index contributed by atoms with van der Waals surface area (Å²) in [5.41, 5.74) is 0. The number of thioether (sulfide) groups is 1. The molecule has 0 spiro atoms. The van der Waals surface area contributed by atoms with Crippen molar-refractivity contribution in [3.63, 3.8) is 0 Å². The van der Waals surface area contributed by atoms with Crippen molar-refractivity contribution in [3.05, 3.63) is 36.5 Å². The number of anilines is 1. The first kappa shape index (κ1) is 25.5. The van der Waals surface area contributed by atoms with Crippen molar-refractivity contribution in [3.8, 4) is 0 Å². The van der Waals surface area contributed by atoms with Crippen LogP contribution in [-0.2, 0) is 14.6 Å². The number of carboxylic acid groups (broad SMARTS) is 1. The summed E-state index contributed by atoms with van der Waals surface area (Å²) in [7, 11) is -3.98. The van der Waals surface area contributed by atoms with Crippen LogP contribution in [0, 0.1) is 5.92 Å². The van der Waals surface area contributed by atoms with Crippen LogP contribution in [0.2, 0.25) is 0 Å². The van der Waals surface area contributed by atoms with E-state index in [1.807, 2.05) is 23.1 Å². The van der Waals surface area contributed by atoms with E-state index in [2.05, 4.69) is 29.4 Å². The van der Waals surface area contributed by atoms with Crippen molar-refractivity contribution < 1.29 is 23.1 Å². The normalized spacial score (nSPS) is 18.6. The zero-order chi connectivity index (χ0) is 23.8. The Bertz CT molecular complexity index is 1030. The van der Waals surface area contributed by atoms with Crippen LogP contribution < -0.4 is 5.32 Å². The molecule has 1 fully saturated rings. The lowest BCUT2D eigenvalue weighted by atomic mass is 9.86. The molecule has 2 amide bonds. The number of carbonyl (C=O) groups is 2. The molecule has 33 heavy (non-hydrogen) atoms. The number of thiazole rings is 1. The van der Waals surface area contributed by atoms with Gasteiger partial charge in [-0.1, -0.05) is 36.5 Å². The van der Waals surface area contributed by atoms with Crippen LogP contribution in [0.3, 0.4) is 0 Å². The van der Waals surface area contributed by atoms with Crippen LogP contribution in [0.1, 0.15) is 39.0 Å². The number of aliphatic carboxylic acids is 1. The average molecular weight is 512 g/mol. The molecule has 0 atom stereocenters. The summed E-state index contributed by atoms with van der Waals surface area (Å²) in [4.78, 5) is 31.0. The molecule has 1 heterocycles. The van der Waals surface area contributed by atoms with Crippen LogP contribution in [0.15, 0.2) is 45.6 Å². The molecule has 180 valence electrons. The molecule has 0 radical (unpaired) electrons. The molecule has 11 heteroatoms. The number of carboxylic acids is 1. The fraction of sp³-hybridized carbons (Fsp3) is 0.500. The minimum absolute atomic E-state index is 0.137. The summed E-state index contributed by atoms with van der Waals surface area (Å²) < 4.78 is 24.0. The van der Waals surface area contributed by atoms with Gasteiger partial charge in [-0.15, -0.1) is 11.8 Å². The Morgan fingerprint density at radius 1 is 1.21 bits per heavy atom. The second kappa shape index (κ2) is 11.8. The van der Waals surface area contributed by atoms with E-state index < -0.39 is 21.6 Å². The van der Waals surface area contributed by atoms with Gasteiger partial charge in [0.25, 0.3) is 0 Å². The van der Waals surface area contributed by atoms with Crippen LogP contribution in [0.4, 0.5) is 9.93 Å². The number of hydrogen-bond acceptors (Lipinski definition) is 7. The minimum atomic E-state index is -3.98. The zero-order valence-electron chi connectivity index (χ0n) is 18.5. The average Bonchev–Trinajstić information content (AvgIpc) is 3.24. The maximum absolute atomic E-state index is 13.1. The van der Waals surface area contributed by atoms with E-state index in [0.29, 0.717) is 12.5 Å². The molecule has 1 aromatic heterocycles. The van der Waals surface area contributed by atoms with Crippen LogP contribution >= 0.6 is 23.1 Å². The number of benzene rings is 1. The Morgan fingerprint density at radius 2 is 1.91 bits per heavy atom. The van der Waals surface area contributed by atoms with Crippen LogP contribution in [0.25, 0.3) is 0 Å². The van der Waals surface area contributed by atoms with E-state index >= 15 is 0 Å². The molecule has 0 unspecified atom stereocenters. The van der Waals surface area contributed by atoms with Crippen molar-refractivity contribution in [1.29, 1.82) is 0 Å². The highest BCUT2D eigenvalue weighted by atomic mass is 32.2. The molecule has 3 rings (SSSR count). The SMILES string of the molecule is CC1CCC(N(CCCSc2ccccc2)C(=O)Nc2ncc(S(=O)(=O)CC(=O)O)s2)CC1. The van der Waals surface area contributed by atoms with E-state index in [1.165, 1.54) is 4.90 Å². The summed E-state index contributed by atoms with van der Waals surface area (Å²) in [5, 5.41) is 11.7. The van der Waals surface area contributed by atoms with Crippen molar-refractivity contribution >= 4 is 50.1 Å². The van der Waals surface area contributed by atoms with Gasteiger partial charge in [-0.25, -0.2) is 18.2 Å². The lowest BCUT2D eigenvalue weighted by Gasteiger charge is -2.36. The van der Waals surface area contributed by atoms with Gasteiger partial charge in [0.1, 0.15) is 4.21 Å². The van der Waals surface area contributed by atoms with Gasteiger partial charge in [0.05, 0.1) is 6.20 Å². The van der Waals surface area contributed by atoms with E-state index in [1.54, 1.807) is 11.8 Å². The number of sulfone groups is 1. The Labute approximate surface area is 202 Å². The number of nitrogens with zero attached hydrogens (tertiary/aromatic N) is 2. The van der Waals surface area contributed by atoms with Crippen molar-refractivity contribution in [2.45, 2.75) is 54.2 Å². The standard InChI is InChI=1S/C22H29N3O5S3/c1-16-8-10-17(11-9-16)25(12-5-13-31-18-6-3-2-4-7-18)22(28)24-21-23-14-20(32-21)33(29,30)15-19(26)27/h2-4,6-7,14,16-17H,5,8-13,15H2,1H3,(H,26,27)(H,23,24,28). The quantitative estimate of drug-likeness (QED) is 0.354. The zero-order valence-corrected chi connectivity index (χ0v) is 20.9. The second-order valence-electron chi connectivity index (χ2n) is 8.19. The summed E-state index contributed by atoms with van der Waals surface area (Å²) in [5.74, 6) is -0.902. The fourth-order valence-corrected chi connectivity index (χ4v) is 6.80. The highest BCUT2D eigenvalue weighted by molar-refractivity contribution is 7.99. The second-order valence-corrected chi connectivity index (χ2v) is 12.6. The maximum atomic E-state index is 13.1. The van der Waals surface area contributed by atoms with E-state index in [0.717, 1.165) is 55.4 Å². The lowest BCUT2D eigenvalue weighted by molar-refractivity contribution is -0.134. The predicted octanol–water partition coefficient (Wildman–Crippen LogP) is 4.60. The molecule has 0 aliphatic heterocycles. The maximum Gasteiger partial charge on any atom is 0.323 e. The van der Waals surface area contributed by atoms with E-state index in [9.17, 15) is 18.0 Å². The number of carbonyl (C=O) groups excluding carboxylic acids is 1. The van der Waals surface area contributed by atoms with Crippen LogP contribution in [-0.4, -0.2) is 59.5 Å². The molecule has 1 saturated carbocycles. The van der Waals surface area contributed by atoms with Crippen LogP contribution in [0.5, 0.6) is 0 Å². The number of rotatable bonds is 10. The lowest BCUT2D eigenvalue weighted by Crippen LogP contribution is -2.45. The number of amides is 2. The number of nitrogens with one attached hydrogen (secondary N) is 1. The molecular formula is C22H29N3O5S3. The highest BCUT2D eigenvalue weighted by Crippen LogP contribution is 2.29. The molecule has 1 aliphatic rings. The summed E-state index contributed by atoms with van der Waals surface area (Å²) >= 11 is 2.53. The van der Waals surface area contributed by atoms with E-state index in [-0.39, 0.29) is 21.4 Å². The molecule has 1 aliphatic carbocycles. The smallest absolute Gasteiger partial charge is 0.323 e. The van der Waals surface area contributed by atoms with Gasteiger partial charge < -0.3 is 10.0 Å². The van der Waals surface area contributed by atoms with Gasteiger partial charge in [0.15, 0.2) is 20.7 Å². The first-order chi connectivity index (χ1) is 15.7. The molecule has 1 aromatic carbocycles. The third kappa shape index (κ3) is 7.72. The summed E-state index contributed by atoms with van der Waals surface area (Å²) in [6.07, 6.45) is 5.95. The van der Waals surface area contributed by atoms with Crippen molar-refractivity contribution in [2.75, 3.05) is 23.4 Å². The third-order valence-corrected chi connectivity index (χ3v) is 9.72. The summed E-state index contributed by atoms with van der Waals surface area (Å²) in [6.45, 7) is 2.83. The monoisotopic (exact) mass is 511 g/mol. The highest BCUT2D eigenvalue weighted by Gasteiger charge is 2.28. The molecule has 8 nitrogen and oxygen atoms in total. The molecule has 0 bridgehead atoms. The van der Waals surface area contributed by atoms with Gasteiger partial charge in [-0.3, -0.25) is 10.1 Å². The number of aromatic nitrogens is 1. The molecule has 2 N–H and O–H groups in total. The van der Waals surface area contributed by atoms with Crippen molar-refractivity contribution in [1.82, 2.24) is 9.88 Å². The van der Waals surface area contributed by atoms with Gasteiger partial charge in [-0.05, 0) is 55.9 Å². The first-order valence-corrected chi connectivity index (χ1v) is 14.4. The van der Waals surface area contributed by atoms with Crippen molar-refractivity contribution in [2.24, 2.45) is 5.92 Å². The number of hydrogen-bond donors (Lipinski definition) is 2. The predicted molar refractivity (Wildman–Crippen MR) is 131 cm³/mol. The minimum Gasteiger partial charge on any atom is -0.480 e. The Morgan fingerprint density at radius 3 is 2.58 bits per heavy atom. The van der Waals surface area contributed by atoms with E-state index in [4.69, 9.17) is 5.11 Å². The topological polar surface area (TPSA) is 117 Å². The Hall–Kier alpha value is -2.11. The van der Waals surface area contributed by atoms with Gasteiger partial charge in [0.2, 0.25) is 0 Å². The first-order valence-electron chi connectivity index (χ1n) is 10.9. The Balaban J connectivity index is 1.63. The van der Waals surface area contributed by atoms with Gasteiger partial charge >= 0.3 is 12.0 Å². The molecule has 2 aromatic rings. The van der Waals surface area contributed by atoms with Gasteiger partial charge in [-0.2, -0.15) is 0 Å². The summed E-state index contributed by atoms with van der Waals surface area (Å²) in [6, 6.07) is 9.96. The van der Waals surface area contributed by atoms with Gasteiger partial charge in [0, 0.05) is 17.5 Å². The largest absolute Gasteiger partial charge is 0.480 e. The third-order valence-electron chi connectivity index (χ3n) is 5.56. The molecular weight excluding hydrogens is 482 g/mol.